The molecule has 0 aliphatic heterocycles. The number of carbonyl (C=O) groups excluding carboxylic acids is 3. The zero-order valence-corrected chi connectivity index (χ0v) is 7.70. The van der Waals surface area contributed by atoms with Gasteiger partial charge in [-0.1, -0.05) is 0 Å². The average molecular weight is 184 g/mol. The predicted molar refractivity (Wildman–Crippen MR) is 43.9 cm³/mol. The quantitative estimate of drug-likeness (QED) is 0.581. The van der Waals surface area contributed by atoms with E-state index in [1.54, 1.807) is 0 Å². The van der Waals surface area contributed by atoms with E-state index >= 15 is 0 Å². The Morgan fingerprint density at radius 2 is 1.85 bits per heavy atom. The number of esters is 1. The molecule has 72 valence electrons. The number of ether oxygens (including phenoxy) is 1. The highest BCUT2D eigenvalue weighted by molar-refractivity contribution is 5.96. The fourth-order valence-electron chi connectivity index (χ4n) is 1.68. The summed E-state index contributed by atoms with van der Waals surface area (Å²) < 4.78 is 4.52. The normalized spacial score (nSPS) is 27.4. The smallest absolute Gasteiger partial charge is 0.309 e. The number of Topliss-reactive ketones (excluding diaryl/α,β-unsaturated/α-hetero) is 2. The second-order valence-electron chi connectivity index (χ2n) is 3.29. The molecule has 0 unspecified atom stereocenters. The van der Waals surface area contributed by atoms with Gasteiger partial charge in [-0.15, -0.1) is 0 Å². The fraction of sp³-hybridized carbons (Fsp3) is 0.667. The van der Waals surface area contributed by atoms with Crippen molar-refractivity contribution in [2.75, 3.05) is 7.11 Å². The molecule has 0 radical (unpaired) electrons. The highest BCUT2D eigenvalue weighted by Crippen LogP contribution is 2.30. The first kappa shape index (κ1) is 9.89. The summed E-state index contributed by atoms with van der Waals surface area (Å²) in [4.78, 5) is 33.2. The topological polar surface area (TPSA) is 60.4 Å². The van der Waals surface area contributed by atoms with Gasteiger partial charge in [0.25, 0.3) is 0 Å². The predicted octanol–water partition coefficient (Wildman–Crippen LogP) is 0.344. The van der Waals surface area contributed by atoms with Crippen LogP contribution in [0.1, 0.15) is 19.8 Å². The standard InChI is InChI=1S/C9H12O4/c1-5(10)7-3-6(11)4-8(7)9(12)13-2/h7-8H,3-4H2,1-2H3/t7-,8+/m1/s1. The molecule has 4 heteroatoms. The maximum Gasteiger partial charge on any atom is 0.309 e. The maximum absolute atomic E-state index is 11.1. The van der Waals surface area contributed by atoms with Crippen LogP contribution >= 0.6 is 0 Å². The van der Waals surface area contributed by atoms with Crippen LogP contribution in [0.15, 0.2) is 0 Å². The molecular weight excluding hydrogens is 172 g/mol. The zero-order chi connectivity index (χ0) is 10.0. The van der Waals surface area contributed by atoms with Crippen molar-refractivity contribution < 1.29 is 19.1 Å². The zero-order valence-electron chi connectivity index (χ0n) is 7.70. The Morgan fingerprint density at radius 3 is 2.31 bits per heavy atom. The average Bonchev–Trinajstić information content (AvgIpc) is 2.46. The second kappa shape index (κ2) is 3.68. The first-order valence-corrected chi connectivity index (χ1v) is 4.16. The molecule has 4 nitrogen and oxygen atoms in total. The van der Waals surface area contributed by atoms with Crippen molar-refractivity contribution in [1.29, 1.82) is 0 Å². The largest absolute Gasteiger partial charge is 0.469 e. The third-order valence-corrected chi connectivity index (χ3v) is 2.41. The van der Waals surface area contributed by atoms with Crippen LogP contribution in [0, 0.1) is 11.8 Å². The molecule has 0 N–H and O–H groups in total. The molecule has 0 aromatic heterocycles. The van der Waals surface area contributed by atoms with E-state index in [4.69, 9.17) is 0 Å². The SMILES string of the molecule is COC(=O)[C@H]1CC(=O)C[C@@H]1C(C)=O. The van der Waals surface area contributed by atoms with Gasteiger partial charge in [0.15, 0.2) is 0 Å². The summed E-state index contributed by atoms with van der Waals surface area (Å²) in [5, 5.41) is 0. The van der Waals surface area contributed by atoms with Gasteiger partial charge in [-0.25, -0.2) is 0 Å². The molecule has 1 aliphatic carbocycles. The second-order valence-corrected chi connectivity index (χ2v) is 3.29. The van der Waals surface area contributed by atoms with Crippen molar-refractivity contribution in [2.24, 2.45) is 11.8 Å². The minimum absolute atomic E-state index is 0.0319. The van der Waals surface area contributed by atoms with E-state index in [0.717, 1.165) is 0 Å². The van der Waals surface area contributed by atoms with Crippen LogP contribution in [0.4, 0.5) is 0 Å². The molecule has 0 amide bonds. The van der Waals surface area contributed by atoms with Crippen LogP contribution in [0.2, 0.25) is 0 Å². The molecule has 0 saturated heterocycles. The van der Waals surface area contributed by atoms with Gasteiger partial charge in [-0.2, -0.15) is 0 Å². The first-order valence-electron chi connectivity index (χ1n) is 4.16. The van der Waals surface area contributed by atoms with Crippen LogP contribution in [0.3, 0.4) is 0 Å². The number of hydrogen-bond acceptors (Lipinski definition) is 4. The minimum atomic E-state index is -0.546. The van der Waals surface area contributed by atoms with E-state index in [2.05, 4.69) is 4.74 Å². The van der Waals surface area contributed by atoms with Gasteiger partial charge in [-0.3, -0.25) is 14.4 Å². The van der Waals surface area contributed by atoms with E-state index in [9.17, 15) is 14.4 Å². The molecule has 13 heavy (non-hydrogen) atoms. The minimum Gasteiger partial charge on any atom is -0.469 e. The first-order chi connectivity index (χ1) is 6.06. The molecule has 1 saturated carbocycles. The Bertz CT molecular complexity index is 256. The molecule has 1 rings (SSSR count). The van der Waals surface area contributed by atoms with Crippen LogP contribution in [-0.4, -0.2) is 24.6 Å². The van der Waals surface area contributed by atoms with Gasteiger partial charge >= 0.3 is 5.97 Å². The van der Waals surface area contributed by atoms with Gasteiger partial charge in [-0.05, 0) is 6.92 Å². The molecule has 0 heterocycles. The lowest BCUT2D eigenvalue weighted by Crippen LogP contribution is -2.24. The van der Waals surface area contributed by atoms with E-state index in [1.807, 2.05) is 0 Å². The summed E-state index contributed by atoms with van der Waals surface area (Å²) in [6.45, 7) is 1.40. The monoisotopic (exact) mass is 184 g/mol. The van der Waals surface area contributed by atoms with Gasteiger partial charge in [0.1, 0.15) is 11.6 Å². The van der Waals surface area contributed by atoms with Gasteiger partial charge in [0.05, 0.1) is 13.0 Å². The van der Waals surface area contributed by atoms with Crippen molar-refractivity contribution in [3.05, 3.63) is 0 Å². The number of carbonyl (C=O) groups is 3. The molecule has 0 bridgehead atoms. The Balaban J connectivity index is 2.77. The third kappa shape index (κ3) is 1.94. The van der Waals surface area contributed by atoms with Gasteiger partial charge in [0.2, 0.25) is 0 Å². The molecule has 0 spiro atoms. The summed E-state index contributed by atoms with van der Waals surface area (Å²) in [7, 11) is 1.27. The van der Waals surface area contributed by atoms with Crippen molar-refractivity contribution in [3.8, 4) is 0 Å². The number of ketones is 2. The molecule has 1 fully saturated rings. The van der Waals surface area contributed by atoms with E-state index in [1.165, 1.54) is 14.0 Å². The molecule has 0 aromatic rings. The Hall–Kier alpha value is -1.19. The van der Waals surface area contributed by atoms with Crippen molar-refractivity contribution in [2.45, 2.75) is 19.8 Å². The third-order valence-electron chi connectivity index (χ3n) is 2.41. The van der Waals surface area contributed by atoms with Gasteiger partial charge < -0.3 is 4.74 Å². The van der Waals surface area contributed by atoms with Crippen molar-refractivity contribution in [1.82, 2.24) is 0 Å². The summed E-state index contributed by atoms with van der Waals surface area (Å²) >= 11 is 0. The molecule has 2 atom stereocenters. The van der Waals surface area contributed by atoms with E-state index in [-0.39, 0.29) is 24.4 Å². The Kier molecular flexibility index (Phi) is 2.80. The highest BCUT2D eigenvalue weighted by atomic mass is 16.5. The Labute approximate surface area is 76.3 Å². The summed E-state index contributed by atoms with van der Waals surface area (Å²) in [5.74, 6) is -1.60. The van der Waals surface area contributed by atoms with Crippen LogP contribution in [0.25, 0.3) is 0 Å². The lowest BCUT2D eigenvalue weighted by molar-refractivity contribution is -0.148. The summed E-state index contributed by atoms with van der Waals surface area (Å²) in [5.41, 5.74) is 0. The van der Waals surface area contributed by atoms with Crippen LogP contribution < -0.4 is 0 Å². The van der Waals surface area contributed by atoms with Crippen LogP contribution in [0.5, 0.6) is 0 Å². The summed E-state index contributed by atoms with van der Waals surface area (Å²) in [6.07, 6.45) is 0.339. The number of rotatable bonds is 2. The summed E-state index contributed by atoms with van der Waals surface area (Å²) in [6, 6.07) is 0. The van der Waals surface area contributed by atoms with Gasteiger partial charge in [0, 0.05) is 18.8 Å². The van der Waals surface area contributed by atoms with E-state index < -0.39 is 17.8 Å². The lowest BCUT2D eigenvalue weighted by Gasteiger charge is -2.12. The van der Waals surface area contributed by atoms with Crippen LogP contribution in [-0.2, 0) is 19.1 Å². The molecule has 0 aromatic carbocycles. The molecular formula is C9H12O4. The maximum atomic E-state index is 11.1. The Morgan fingerprint density at radius 1 is 1.31 bits per heavy atom. The number of methoxy groups -OCH3 is 1. The number of hydrogen-bond donors (Lipinski definition) is 0. The van der Waals surface area contributed by atoms with Crippen molar-refractivity contribution >= 4 is 17.5 Å². The van der Waals surface area contributed by atoms with Crippen molar-refractivity contribution in [3.63, 3.8) is 0 Å². The fourth-order valence-corrected chi connectivity index (χ4v) is 1.68. The highest BCUT2D eigenvalue weighted by Gasteiger charge is 2.40. The lowest BCUT2D eigenvalue weighted by atomic mass is 9.93. The van der Waals surface area contributed by atoms with E-state index in [0.29, 0.717) is 0 Å². The molecule has 1 aliphatic rings.